The molecule has 0 saturated carbocycles. The Kier molecular flexibility index (Phi) is 5.51. The third kappa shape index (κ3) is 3.61. The molecule has 1 N–H and O–H groups in total. The number of fused-ring (bicyclic) bond motifs is 2. The van der Waals surface area contributed by atoms with E-state index >= 15 is 0 Å². The second-order valence-electron chi connectivity index (χ2n) is 8.91. The second kappa shape index (κ2) is 7.94. The molecule has 2 aromatic heterocycles. The first kappa shape index (κ1) is 20.1. The average Bonchev–Trinajstić information content (AvgIpc) is 3.16. The van der Waals surface area contributed by atoms with Gasteiger partial charge in [0.25, 0.3) is 5.56 Å². The zero-order valence-electron chi connectivity index (χ0n) is 18.1. The highest BCUT2D eigenvalue weighted by Gasteiger charge is 2.32. The molecule has 2 aromatic rings. The van der Waals surface area contributed by atoms with Gasteiger partial charge in [0.15, 0.2) is 5.65 Å². The van der Waals surface area contributed by atoms with Gasteiger partial charge in [0.05, 0.1) is 23.0 Å². The maximum atomic E-state index is 13.2. The van der Waals surface area contributed by atoms with Gasteiger partial charge >= 0.3 is 0 Å². The van der Waals surface area contributed by atoms with Gasteiger partial charge in [0, 0.05) is 44.1 Å². The Morgan fingerprint density at radius 3 is 2.79 bits per heavy atom. The predicted molar refractivity (Wildman–Crippen MR) is 113 cm³/mol. The van der Waals surface area contributed by atoms with E-state index in [1.165, 1.54) is 0 Å². The number of likely N-dealkylation sites (tertiary alicyclic amines) is 1. The minimum Gasteiger partial charge on any atom is -0.334 e. The maximum absolute atomic E-state index is 13.2. The van der Waals surface area contributed by atoms with E-state index in [2.05, 4.69) is 30.8 Å². The van der Waals surface area contributed by atoms with Crippen molar-refractivity contribution in [3.05, 3.63) is 33.4 Å². The molecular formula is C22H33N5O2. The summed E-state index contributed by atoms with van der Waals surface area (Å²) in [7, 11) is 0. The molecule has 0 bridgehead atoms. The highest BCUT2D eigenvalue weighted by Crippen LogP contribution is 2.32. The number of rotatable bonds is 4. The number of aromatic amines is 1. The van der Waals surface area contributed by atoms with Crippen molar-refractivity contribution in [3.8, 4) is 0 Å². The summed E-state index contributed by atoms with van der Waals surface area (Å²) in [6.45, 7) is 10.7. The Balaban J connectivity index is 1.71. The fraction of sp³-hybridized carbons (Fsp3) is 0.682. The van der Waals surface area contributed by atoms with Gasteiger partial charge in [0.2, 0.25) is 5.91 Å². The van der Waals surface area contributed by atoms with Gasteiger partial charge in [-0.1, -0.05) is 13.8 Å². The molecule has 7 nitrogen and oxygen atoms in total. The van der Waals surface area contributed by atoms with Crippen molar-refractivity contribution in [2.24, 2.45) is 5.92 Å². The summed E-state index contributed by atoms with van der Waals surface area (Å²) >= 11 is 0. The molecule has 2 aliphatic heterocycles. The van der Waals surface area contributed by atoms with Gasteiger partial charge < -0.3 is 4.90 Å². The van der Waals surface area contributed by atoms with Crippen LogP contribution in [-0.4, -0.2) is 49.4 Å². The van der Waals surface area contributed by atoms with Crippen LogP contribution in [0, 0.1) is 5.92 Å². The van der Waals surface area contributed by atoms with E-state index in [1.54, 1.807) is 4.52 Å². The second-order valence-corrected chi connectivity index (χ2v) is 8.91. The van der Waals surface area contributed by atoms with Crippen LogP contribution in [0.2, 0.25) is 0 Å². The van der Waals surface area contributed by atoms with Gasteiger partial charge in [-0.15, -0.1) is 0 Å². The molecule has 7 heteroatoms. The Labute approximate surface area is 172 Å². The number of aromatic nitrogens is 3. The largest absolute Gasteiger partial charge is 0.334 e. The standard InChI is InChI=1S/C22H33N5O2/c1-5-15(4)21(28)26-10-7-6-8-19(26)18-12-20-23-17-9-11-25(14(2)3)13-16(17)22(29)27(20)24-18/h12,14-15,19,24H,5-11,13H2,1-4H3/t15-,19+/m1/s1. The third-order valence-corrected chi connectivity index (χ3v) is 6.72. The average molecular weight is 400 g/mol. The number of nitrogens with one attached hydrogen (secondary N) is 1. The molecule has 158 valence electrons. The summed E-state index contributed by atoms with van der Waals surface area (Å²) in [6, 6.07) is 2.38. The first-order chi connectivity index (χ1) is 13.9. The molecule has 1 amide bonds. The van der Waals surface area contributed by atoms with Crippen LogP contribution >= 0.6 is 0 Å². The molecule has 2 atom stereocenters. The smallest absolute Gasteiger partial charge is 0.277 e. The van der Waals surface area contributed by atoms with E-state index in [9.17, 15) is 9.59 Å². The molecule has 1 fully saturated rings. The SMILES string of the molecule is CC[C@@H](C)C(=O)N1CCCC[C@H]1c1cc2nc3c(c(=O)n2[nH]1)CN(C(C)C)CC3. The van der Waals surface area contributed by atoms with E-state index in [0.717, 1.165) is 62.1 Å². The number of nitrogens with zero attached hydrogens (tertiary/aromatic N) is 4. The highest BCUT2D eigenvalue weighted by atomic mass is 16.2. The third-order valence-electron chi connectivity index (χ3n) is 6.72. The fourth-order valence-corrected chi connectivity index (χ4v) is 4.61. The molecule has 0 aromatic carbocycles. The monoisotopic (exact) mass is 399 g/mol. The number of hydrogen-bond donors (Lipinski definition) is 1. The number of H-pyrrole nitrogens is 1. The molecule has 1 saturated heterocycles. The summed E-state index contributed by atoms with van der Waals surface area (Å²) in [5.41, 5.74) is 3.31. The number of piperidine rings is 1. The minimum absolute atomic E-state index is 0.00258. The quantitative estimate of drug-likeness (QED) is 0.858. The van der Waals surface area contributed by atoms with Crippen molar-refractivity contribution in [2.75, 3.05) is 13.1 Å². The van der Waals surface area contributed by atoms with Crippen molar-refractivity contribution in [3.63, 3.8) is 0 Å². The molecule has 0 unspecified atom stereocenters. The molecule has 2 aliphatic rings. The number of amides is 1. The molecule has 4 heterocycles. The normalized spacial score (nSPS) is 21.6. The van der Waals surface area contributed by atoms with E-state index < -0.39 is 0 Å². The molecule has 0 radical (unpaired) electrons. The van der Waals surface area contributed by atoms with Gasteiger partial charge in [-0.2, -0.15) is 0 Å². The van der Waals surface area contributed by atoms with E-state index in [0.29, 0.717) is 18.2 Å². The molecule has 29 heavy (non-hydrogen) atoms. The van der Waals surface area contributed by atoms with E-state index in [-0.39, 0.29) is 23.4 Å². The Hall–Kier alpha value is -2.15. The fourth-order valence-electron chi connectivity index (χ4n) is 4.61. The van der Waals surface area contributed by atoms with Crippen LogP contribution in [0.4, 0.5) is 0 Å². The van der Waals surface area contributed by atoms with Crippen LogP contribution in [0.25, 0.3) is 5.65 Å². The van der Waals surface area contributed by atoms with Gasteiger partial charge in [-0.05, 0) is 39.5 Å². The van der Waals surface area contributed by atoms with Crippen LogP contribution in [0.1, 0.15) is 76.4 Å². The van der Waals surface area contributed by atoms with Crippen molar-refractivity contribution >= 4 is 11.6 Å². The molecule has 0 aliphatic carbocycles. The van der Waals surface area contributed by atoms with E-state index in [1.807, 2.05) is 17.9 Å². The topological polar surface area (TPSA) is 73.7 Å². The van der Waals surface area contributed by atoms with Crippen LogP contribution in [0.15, 0.2) is 10.9 Å². The van der Waals surface area contributed by atoms with Gasteiger partial charge in [0.1, 0.15) is 0 Å². The summed E-state index contributed by atoms with van der Waals surface area (Å²) in [5.74, 6) is 0.234. The Morgan fingerprint density at radius 1 is 1.28 bits per heavy atom. The van der Waals surface area contributed by atoms with Crippen molar-refractivity contribution in [1.82, 2.24) is 24.4 Å². The van der Waals surface area contributed by atoms with Gasteiger partial charge in [-0.25, -0.2) is 9.50 Å². The molecule has 4 rings (SSSR count). The first-order valence-corrected chi connectivity index (χ1v) is 11.1. The van der Waals surface area contributed by atoms with Crippen LogP contribution in [0.5, 0.6) is 0 Å². The summed E-state index contributed by atoms with van der Waals surface area (Å²) in [5, 5.41) is 3.30. The van der Waals surface area contributed by atoms with E-state index in [4.69, 9.17) is 4.98 Å². The van der Waals surface area contributed by atoms with Crippen molar-refractivity contribution in [1.29, 1.82) is 0 Å². The first-order valence-electron chi connectivity index (χ1n) is 11.1. The summed E-state index contributed by atoms with van der Waals surface area (Å²) < 4.78 is 1.58. The van der Waals surface area contributed by atoms with Crippen molar-refractivity contribution in [2.45, 2.75) is 78.4 Å². The zero-order valence-corrected chi connectivity index (χ0v) is 18.1. The van der Waals surface area contributed by atoms with Crippen molar-refractivity contribution < 1.29 is 4.79 Å². The van der Waals surface area contributed by atoms with Gasteiger partial charge in [-0.3, -0.25) is 19.6 Å². The number of carbonyl (C=O) groups is 1. The lowest BCUT2D eigenvalue weighted by atomic mass is 9.96. The molecular weight excluding hydrogens is 366 g/mol. The number of hydrogen-bond acceptors (Lipinski definition) is 4. The minimum atomic E-state index is -0.00413. The summed E-state index contributed by atoms with van der Waals surface area (Å²) in [6.07, 6.45) is 4.70. The van der Waals surface area contributed by atoms with Crippen LogP contribution < -0.4 is 5.56 Å². The number of carbonyl (C=O) groups excluding carboxylic acids is 1. The maximum Gasteiger partial charge on any atom is 0.277 e. The van der Waals surface area contributed by atoms with Crippen LogP contribution in [0.3, 0.4) is 0 Å². The molecule has 0 spiro atoms. The summed E-state index contributed by atoms with van der Waals surface area (Å²) in [4.78, 5) is 35.2. The zero-order chi connectivity index (χ0) is 20.7. The highest BCUT2D eigenvalue weighted by molar-refractivity contribution is 5.79. The van der Waals surface area contributed by atoms with Crippen LogP contribution in [-0.2, 0) is 17.8 Å². The lowest BCUT2D eigenvalue weighted by molar-refractivity contribution is -0.139. The predicted octanol–water partition coefficient (Wildman–Crippen LogP) is 2.89. The lowest BCUT2D eigenvalue weighted by Gasteiger charge is -2.36. The Bertz CT molecular complexity index is 960. The Morgan fingerprint density at radius 2 is 2.07 bits per heavy atom. The lowest BCUT2D eigenvalue weighted by Crippen LogP contribution is -2.41.